The van der Waals surface area contributed by atoms with Gasteiger partial charge in [-0.25, -0.2) is 0 Å². The Morgan fingerprint density at radius 3 is 2.61 bits per heavy atom. The molecule has 7 nitrogen and oxygen atoms in total. The number of benzene rings is 1. The zero-order valence-electron chi connectivity index (χ0n) is 16.3. The predicted molar refractivity (Wildman–Crippen MR) is 104 cm³/mol. The summed E-state index contributed by atoms with van der Waals surface area (Å²) in [6, 6.07) is 10.6. The first-order chi connectivity index (χ1) is 13.5. The summed E-state index contributed by atoms with van der Waals surface area (Å²) in [5.41, 5.74) is 1.50. The van der Waals surface area contributed by atoms with Crippen LogP contribution in [-0.4, -0.2) is 42.0 Å². The number of rotatable bonds is 7. The van der Waals surface area contributed by atoms with Crippen LogP contribution in [0.2, 0.25) is 0 Å². The molecule has 0 aliphatic heterocycles. The Labute approximate surface area is 164 Å². The predicted octanol–water partition coefficient (Wildman–Crippen LogP) is 2.47. The molecule has 1 aromatic carbocycles. The fourth-order valence-corrected chi connectivity index (χ4v) is 3.04. The van der Waals surface area contributed by atoms with E-state index in [4.69, 9.17) is 9.47 Å². The summed E-state index contributed by atoms with van der Waals surface area (Å²) in [5, 5.41) is 2.75. The van der Waals surface area contributed by atoms with Crippen LogP contribution >= 0.6 is 0 Å². The van der Waals surface area contributed by atoms with Crippen LogP contribution in [-0.2, 0) is 16.1 Å². The van der Waals surface area contributed by atoms with Gasteiger partial charge in [-0.1, -0.05) is 6.07 Å². The Bertz CT molecular complexity index is 837. The molecule has 28 heavy (non-hydrogen) atoms. The molecule has 2 amide bonds. The number of nitrogens with one attached hydrogen (secondary N) is 1. The van der Waals surface area contributed by atoms with E-state index in [1.54, 1.807) is 50.4 Å². The molecule has 0 unspecified atom stereocenters. The van der Waals surface area contributed by atoms with Crippen molar-refractivity contribution in [1.29, 1.82) is 0 Å². The van der Waals surface area contributed by atoms with Crippen LogP contribution in [0.25, 0.3) is 0 Å². The molecule has 1 saturated carbocycles. The largest absolute Gasteiger partial charge is 0.497 e. The van der Waals surface area contributed by atoms with Crippen molar-refractivity contribution in [3.8, 4) is 11.5 Å². The Morgan fingerprint density at radius 2 is 2.00 bits per heavy atom. The van der Waals surface area contributed by atoms with Crippen molar-refractivity contribution in [3.63, 3.8) is 0 Å². The van der Waals surface area contributed by atoms with Crippen molar-refractivity contribution in [2.24, 2.45) is 0 Å². The second-order valence-electron chi connectivity index (χ2n) is 6.79. The Balaban J connectivity index is 1.73. The van der Waals surface area contributed by atoms with Gasteiger partial charge in [-0.15, -0.1) is 0 Å². The molecule has 0 saturated heterocycles. The number of ether oxygens (including phenoxy) is 2. The molecule has 1 aromatic heterocycles. The first-order valence-corrected chi connectivity index (χ1v) is 9.26. The lowest BCUT2D eigenvalue weighted by atomic mass is 10.1. The van der Waals surface area contributed by atoms with Crippen LogP contribution in [0, 0.1) is 0 Å². The maximum absolute atomic E-state index is 12.9. The van der Waals surface area contributed by atoms with E-state index in [9.17, 15) is 9.59 Å². The van der Waals surface area contributed by atoms with Gasteiger partial charge in [0.1, 0.15) is 11.5 Å². The van der Waals surface area contributed by atoms with Gasteiger partial charge in [-0.05, 0) is 50.1 Å². The summed E-state index contributed by atoms with van der Waals surface area (Å²) in [7, 11) is 3.16. The second kappa shape index (κ2) is 8.73. The van der Waals surface area contributed by atoms with Crippen molar-refractivity contribution in [2.45, 2.75) is 38.4 Å². The molecular weight excluding hydrogens is 358 g/mol. The van der Waals surface area contributed by atoms with E-state index in [2.05, 4.69) is 10.3 Å². The highest BCUT2D eigenvalue weighted by atomic mass is 16.5. The monoisotopic (exact) mass is 383 g/mol. The summed E-state index contributed by atoms with van der Waals surface area (Å²) >= 11 is 0. The normalized spacial score (nSPS) is 14.1. The van der Waals surface area contributed by atoms with Crippen molar-refractivity contribution in [2.75, 3.05) is 14.2 Å². The third-order valence-corrected chi connectivity index (χ3v) is 4.75. The molecule has 0 spiro atoms. The van der Waals surface area contributed by atoms with Crippen LogP contribution in [0.3, 0.4) is 0 Å². The lowest BCUT2D eigenvalue weighted by molar-refractivity contribution is -0.147. The van der Waals surface area contributed by atoms with Gasteiger partial charge in [0.15, 0.2) is 0 Å². The van der Waals surface area contributed by atoms with Crippen molar-refractivity contribution in [1.82, 2.24) is 15.2 Å². The quantitative estimate of drug-likeness (QED) is 0.743. The van der Waals surface area contributed by atoms with E-state index in [-0.39, 0.29) is 18.6 Å². The van der Waals surface area contributed by atoms with Gasteiger partial charge in [0, 0.05) is 17.8 Å². The summed E-state index contributed by atoms with van der Waals surface area (Å²) in [5.74, 6) is 0.149. The van der Waals surface area contributed by atoms with Gasteiger partial charge in [-0.2, -0.15) is 0 Å². The number of pyridine rings is 1. The lowest BCUT2D eigenvalue weighted by Crippen LogP contribution is -2.44. The fourth-order valence-electron chi connectivity index (χ4n) is 3.04. The van der Waals surface area contributed by atoms with E-state index in [1.165, 1.54) is 0 Å². The smallest absolute Gasteiger partial charge is 0.312 e. The van der Waals surface area contributed by atoms with E-state index in [0.29, 0.717) is 17.2 Å². The standard InChI is InChI=1S/C21H25N3O4/c1-14(18-6-4-5-11-22-18)23-20(25)21(26)24(16-7-8-16)13-15-12-17(27-2)9-10-19(15)28-3/h4-6,9-12,14,16H,7-8,13H2,1-3H3,(H,23,25)/t14-/m0/s1. The minimum absolute atomic E-state index is 0.0688. The number of amides is 2. The zero-order chi connectivity index (χ0) is 20.1. The van der Waals surface area contributed by atoms with E-state index < -0.39 is 11.8 Å². The summed E-state index contributed by atoms with van der Waals surface area (Å²) in [4.78, 5) is 31.3. The van der Waals surface area contributed by atoms with Crippen LogP contribution in [0.4, 0.5) is 0 Å². The summed E-state index contributed by atoms with van der Waals surface area (Å²) in [6.45, 7) is 2.09. The molecule has 148 valence electrons. The van der Waals surface area contributed by atoms with E-state index in [0.717, 1.165) is 18.4 Å². The van der Waals surface area contributed by atoms with Crippen LogP contribution in [0.15, 0.2) is 42.6 Å². The minimum Gasteiger partial charge on any atom is -0.497 e. The zero-order valence-corrected chi connectivity index (χ0v) is 16.3. The SMILES string of the molecule is COc1ccc(OC)c(CN(C(=O)C(=O)N[C@@H](C)c2ccccn2)C2CC2)c1. The van der Waals surface area contributed by atoms with Gasteiger partial charge in [0.05, 0.1) is 32.5 Å². The molecule has 1 N–H and O–H groups in total. The third kappa shape index (κ3) is 4.60. The first-order valence-electron chi connectivity index (χ1n) is 9.26. The number of hydrogen-bond donors (Lipinski definition) is 1. The van der Waals surface area contributed by atoms with Crippen LogP contribution in [0.5, 0.6) is 11.5 Å². The van der Waals surface area contributed by atoms with Crippen molar-refractivity contribution < 1.29 is 19.1 Å². The molecule has 3 rings (SSSR count). The average Bonchev–Trinajstić information content (AvgIpc) is 3.57. The molecule has 1 aliphatic carbocycles. The highest BCUT2D eigenvalue weighted by Gasteiger charge is 2.36. The van der Waals surface area contributed by atoms with Gasteiger partial charge in [-0.3, -0.25) is 14.6 Å². The number of carbonyl (C=O) groups is 2. The number of hydrogen-bond acceptors (Lipinski definition) is 5. The highest BCUT2D eigenvalue weighted by molar-refractivity contribution is 6.35. The molecule has 0 bridgehead atoms. The number of carbonyl (C=O) groups excluding carboxylic acids is 2. The summed E-state index contributed by atoms with van der Waals surface area (Å²) < 4.78 is 10.7. The number of nitrogens with zero attached hydrogens (tertiary/aromatic N) is 2. The van der Waals surface area contributed by atoms with Crippen LogP contribution in [0.1, 0.15) is 37.1 Å². The highest BCUT2D eigenvalue weighted by Crippen LogP contribution is 2.32. The fraction of sp³-hybridized carbons (Fsp3) is 0.381. The Kier molecular flexibility index (Phi) is 6.13. The van der Waals surface area contributed by atoms with Gasteiger partial charge < -0.3 is 19.7 Å². The molecule has 1 aliphatic rings. The molecule has 7 heteroatoms. The molecule has 0 radical (unpaired) electrons. The maximum Gasteiger partial charge on any atom is 0.312 e. The molecule has 1 atom stereocenters. The van der Waals surface area contributed by atoms with Crippen molar-refractivity contribution >= 4 is 11.8 Å². The molecule has 1 fully saturated rings. The van der Waals surface area contributed by atoms with E-state index in [1.807, 2.05) is 18.2 Å². The number of aromatic nitrogens is 1. The molecule has 1 heterocycles. The number of methoxy groups -OCH3 is 2. The van der Waals surface area contributed by atoms with Gasteiger partial charge >= 0.3 is 11.8 Å². The minimum atomic E-state index is -0.632. The van der Waals surface area contributed by atoms with Crippen LogP contribution < -0.4 is 14.8 Å². The van der Waals surface area contributed by atoms with E-state index >= 15 is 0 Å². The second-order valence-corrected chi connectivity index (χ2v) is 6.79. The lowest BCUT2D eigenvalue weighted by Gasteiger charge is -2.24. The Morgan fingerprint density at radius 1 is 1.21 bits per heavy atom. The maximum atomic E-state index is 12.9. The molecule has 2 aromatic rings. The third-order valence-electron chi connectivity index (χ3n) is 4.75. The van der Waals surface area contributed by atoms with Gasteiger partial charge in [0.2, 0.25) is 0 Å². The van der Waals surface area contributed by atoms with Gasteiger partial charge in [0.25, 0.3) is 0 Å². The topological polar surface area (TPSA) is 80.8 Å². The average molecular weight is 383 g/mol. The summed E-state index contributed by atoms with van der Waals surface area (Å²) in [6.07, 6.45) is 3.44. The van der Waals surface area contributed by atoms with Crippen molar-refractivity contribution in [3.05, 3.63) is 53.9 Å². The first kappa shape index (κ1) is 19.7. The Hall–Kier alpha value is -3.09. The molecular formula is C21H25N3O4.